The first-order chi connectivity index (χ1) is 14.0. The summed E-state index contributed by atoms with van der Waals surface area (Å²) in [6.07, 6.45) is -10.6. The molecule has 0 saturated heterocycles. The summed E-state index contributed by atoms with van der Waals surface area (Å²) < 4.78 is 86.2. The van der Waals surface area contributed by atoms with Crippen molar-refractivity contribution >= 4 is 11.7 Å². The average molecular weight is 433 g/mol. The SMILES string of the molecule is COc1cc(C2CC(C(F)(F)F)=NO2)ccc1OC(=O)c1ccc(C(F)(F)F)cc1. The predicted molar refractivity (Wildman–Crippen MR) is 91.3 cm³/mol. The quantitative estimate of drug-likeness (QED) is 0.373. The second-order valence-corrected chi connectivity index (χ2v) is 6.21. The molecule has 0 aliphatic carbocycles. The van der Waals surface area contributed by atoms with Gasteiger partial charge in [-0.25, -0.2) is 4.79 Å². The fourth-order valence-electron chi connectivity index (χ4n) is 2.65. The highest BCUT2D eigenvalue weighted by molar-refractivity contribution is 5.91. The van der Waals surface area contributed by atoms with Crippen molar-refractivity contribution in [2.24, 2.45) is 5.16 Å². The van der Waals surface area contributed by atoms with Gasteiger partial charge in [0, 0.05) is 6.42 Å². The molecular weight excluding hydrogens is 420 g/mol. The van der Waals surface area contributed by atoms with E-state index in [-0.39, 0.29) is 17.1 Å². The summed E-state index contributed by atoms with van der Waals surface area (Å²) in [6, 6.07) is 7.40. The molecule has 0 spiro atoms. The fourth-order valence-corrected chi connectivity index (χ4v) is 2.65. The molecule has 2 aromatic rings. The van der Waals surface area contributed by atoms with E-state index in [0.717, 1.165) is 24.3 Å². The number of oxime groups is 1. The van der Waals surface area contributed by atoms with E-state index in [0.29, 0.717) is 5.56 Å². The smallest absolute Gasteiger partial charge is 0.432 e. The highest BCUT2D eigenvalue weighted by atomic mass is 19.4. The zero-order valence-electron chi connectivity index (χ0n) is 15.2. The molecular formula is C19H13F6NO4. The second-order valence-electron chi connectivity index (χ2n) is 6.21. The molecule has 0 aromatic heterocycles. The molecule has 5 nitrogen and oxygen atoms in total. The normalized spacial score (nSPS) is 16.6. The van der Waals surface area contributed by atoms with Gasteiger partial charge in [-0.3, -0.25) is 0 Å². The predicted octanol–water partition coefficient (Wildman–Crippen LogP) is 5.31. The molecule has 30 heavy (non-hydrogen) atoms. The number of esters is 1. The molecule has 11 heteroatoms. The van der Waals surface area contributed by atoms with Gasteiger partial charge in [-0.15, -0.1) is 0 Å². The number of ether oxygens (including phenoxy) is 2. The summed E-state index contributed by atoms with van der Waals surface area (Å²) in [5.41, 5.74) is -1.79. The molecule has 1 atom stereocenters. The Hall–Kier alpha value is -3.24. The van der Waals surface area contributed by atoms with Crippen LogP contribution in [-0.4, -0.2) is 25.0 Å². The van der Waals surface area contributed by atoms with E-state index in [2.05, 4.69) is 5.16 Å². The van der Waals surface area contributed by atoms with Crippen molar-refractivity contribution in [1.82, 2.24) is 0 Å². The first-order valence-corrected chi connectivity index (χ1v) is 8.36. The third kappa shape index (κ3) is 4.66. The number of alkyl halides is 6. The minimum absolute atomic E-state index is 0.0248. The van der Waals surface area contributed by atoms with Crippen LogP contribution in [0.1, 0.15) is 34.0 Å². The first-order valence-electron chi connectivity index (χ1n) is 8.36. The molecule has 0 fully saturated rings. The van der Waals surface area contributed by atoms with E-state index in [1.165, 1.54) is 25.3 Å². The summed E-state index contributed by atoms with van der Waals surface area (Å²) in [4.78, 5) is 17.0. The van der Waals surface area contributed by atoms with E-state index in [1.54, 1.807) is 0 Å². The van der Waals surface area contributed by atoms with Gasteiger partial charge in [-0.2, -0.15) is 26.3 Å². The number of hydrogen-bond donors (Lipinski definition) is 0. The van der Waals surface area contributed by atoms with E-state index in [4.69, 9.17) is 14.3 Å². The minimum atomic E-state index is -4.60. The Morgan fingerprint density at radius 1 is 1.00 bits per heavy atom. The van der Waals surface area contributed by atoms with E-state index < -0.39 is 42.1 Å². The van der Waals surface area contributed by atoms with Crippen LogP contribution < -0.4 is 9.47 Å². The minimum Gasteiger partial charge on any atom is -0.493 e. The molecule has 0 radical (unpaired) electrons. The van der Waals surface area contributed by atoms with Gasteiger partial charge in [0.1, 0.15) is 0 Å². The summed E-state index contributed by atoms with van der Waals surface area (Å²) in [5, 5.41) is 3.04. The molecule has 2 aromatic carbocycles. The Morgan fingerprint density at radius 3 is 2.20 bits per heavy atom. The van der Waals surface area contributed by atoms with E-state index >= 15 is 0 Å². The van der Waals surface area contributed by atoms with Crippen LogP contribution >= 0.6 is 0 Å². The summed E-state index contributed by atoms with van der Waals surface area (Å²) in [5.74, 6) is -0.979. The lowest BCUT2D eigenvalue weighted by Crippen LogP contribution is -2.21. The number of benzene rings is 2. The van der Waals surface area contributed by atoms with Crippen molar-refractivity contribution in [2.45, 2.75) is 24.9 Å². The highest BCUT2D eigenvalue weighted by Crippen LogP contribution is 2.37. The monoisotopic (exact) mass is 433 g/mol. The van der Waals surface area contributed by atoms with Crippen LogP contribution in [0.3, 0.4) is 0 Å². The molecule has 1 heterocycles. The van der Waals surface area contributed by atoms with Crippen LogP contribution in [0.5, 0.6) is 11.5 Å². The zero-order valence-corrected chi connectivity index (χ0v) is 15.2. The first kappa shape index (κ1) is 21.5. The van der Waals surface area contributed by atoms with Crippen LogP contribution in [0.2, 0.25) is 0 Å². The van der Waals surface area contributed by atoms with Gasteiger partial charge in [0.2, 0.25) is 0 Å². The molecule has 0 N–H and O–H groups in total. The van der Waals surface area contributed by atoms with Gasteiger partial charge in [-0.05, 0) is 42.0 Å². The van der Waals surface area contributed by atoms with Gasteiger partial charge in [-0.1, -0.05) is 11.2 Å². The maximum absolute atomic E-state index is 12.7. The van der Waals surface area contributed by atoms with E-state index in [9.17, 15) is 31.1 Å². The lowest BCUT2D eigenvalue weighted by Gasteiger charge is -2.14. The molecule has 0 bridgehead atoms. The Kier molecular flexibility index (Phi) is 5.64. The summed E-state index contributed by atoms with van der Waals surface area (Å²) >= 11 is 0. The van der Waals surface area contributed by atoms with E-state index in [1.807, 2.05) is 0 Å². The fraction of sp³-hybridized carbons (Fsp3) is 0.263. The number of hydrogen-bond acceptors (Lipinski definition) is 5. The van der Waals surface area contributed by atoms with Gasteiger partial charge in [0.15, 0.2) is 23.3 Å². The molecule has 1 aliphatic heterocycles. The Bertz CT molecular complexity index is 966. The maximum atomic E-state index is 12.7. The Labute approximate surface area is 165 Å². The van der Waals surface area contributed by atoms with Crippen molar-refractivity contribution in [1.29, 1.82) is 0 Å². The average Bonchev–Trinajstić information content (AvgIpc) is 3.18. The number of carbonyl (C=O) groups excluding carboxylic acids is 1. The lowest BCUT2D eigenvalue weighted by molar-refractivity contribution is -0.137. The number of carbonyl (C=O) groups is 1. The van der Waals surface area contributed by atoms with Gasteiger partial charge < -0.3 is 14.3 Å². The third-order valence-electron chi connectivity index (χ3n) is 4.21. The molecule has 0 saturated carbocycles. The van der Waals surface area contributed by atoms with Crippen LogP contribution in [0.25, 0.3) is 0 Å². The second kappa shape index (κ2) is 7.88. The number of nitrogens with zero attached hydrogens (tertiary/aromatic N) is 1. The zero-order chi connectivity index (χ0) is 22.1. The topological polar surface area (TPSA) is 57.1 Å². The summed E-state index contributed by atoms with van der Waals surface area (Å²) in [6.45, 7) is 0. The number of methoxy groups -OCH3 is 1. The van der Waals surface area contributed by atoms with Crippen LogP contribution in [-0.2, 0) is 11.0 Å². The standard InChI is InChI=1S/C19H13F6NO4/c1-28-15-8-11(14-9-16(26-30-14)19(23,24)25)4-7-13(15)29-17(27)10-2-5-12(6-3-10)18(20,21)22/h2-8,14H,9H2,1H3. The van der Waals surface area contributed by atoms with Gasteiger partial charge in [0.25, 0.3) is 0 Å². The van der Waals surface area contributed by atoms with Crippen molar-refractivity contribution in [2.75, 3.05) is 7.11 Å². The molecule has 1 unspecified atom stereocenters. The van der Waals surface area contributed by atoms with Crippen molar-refractivity contribution in [3.05, 3.63) is 59.2 Å². The Morgan fingerprint density at radius 2 is 1.67 bits per heavy atom. The van der Waals surface area contributed by atoms with Crippen molar-refractivity contribution in [3.8, 4) is 11.5 Å². The van der Waals surface area contributed by atoms with Crippen molar-refractivity contribution < 1.29 is 45.4 Å². The third-order valence-corrected chi connectivity index (χ3v) is 4.21. The number of halogens is 6. The molecule has 0 amide bonds. The molecule has 160 valence electrons. The molecule has 3 rings (SSSR count). The Balaban J connectivity index is 1.74. The van der Waals surface area contributed by atoms with Crippen LogP contribution in [0.4, 0.5) is 26.3 Å². The lowest BCUT2D eigenvalue weighted by atomic mass is 10.0. The highest BCUT2D eigenvalue weighted by Gasteiger charge is 2.42. The van der Waals surface area contributed by atoms with Crippen molar-refractivity contribution in [3.63, 3.8) is 0 Å². The van der Waals surface area contributed by atoms with Crippen LogP contribution in [0.15, 0.2) is 47.6 Å². The largest absolute Gasteiger partial charge is 0.493 e. The van der Waals surface area contributed by atoms with Crippen LogP contribution in [0, 0.1) is 0 Å². The summed E-state index contributed by atoms with van der Waals surface area (Å²) in [7, 11) is 1.25. The maximum Gasteiger partial charge on any atom is 0.432 e. The van der Waals surface area contributed by atoms with Gasteiger partial charge in [0.05, 0.1) is 18.2 Å². The van der Waals surface area contributed by atoms with Gasteiger partial charge >= 0.3 is 18.3 Å². The number of rotatable bonds is 4. The molecule has 1 aliphatic rings.